The highest BCUT2D eigenvalue weighted by atomic mass is 19.1. The minimum absolute atomic E-state index is 0.222. The second-order valence-corrected chi connectivity index (χ2v) is 4.30. The standard InChI is InChI=1S/C16H16FN/c1-4-13-6-5-12(2)11-16(13)18(3)15-9-7-14(17)8-10-15/h4-11H,1H2,2-3H3. The Morgan fingerprint density at radius 1 is 1.11 bits per heavy atom. The molecular formula is C16H16FN. The average Bonchev–Trinajstić information content (AvgIpc) is 2.39. The number of nitrogens with zero attached hydrogens (tertiary/aromatic N) is 1. The first-order valence-electron chi connectivity index (χ1n) is 5.84. The predicted molar refractivity (Wildman–Crippen MR) is 75.7 cm³/mol. The van der Waals surface area contributed by atoms with Crippen LogP contribution in [0.25, 0.3) is 6.08 Å². The summed E-state index contributed by atoms with van der Waals surface area (Å²) in [6.07, 6.45) is 1.83. The molecule has 0 amide bonds. The van der Waals surface area contributed by atoms with Crippen molar-refractivity contribution in [2.45, 2.75) is 6.92 Å². The minimum atomic E-state index is -0.222. The van der Waals surface area contributed by atoms with Gasteiger partial charge in [-0.3, -0.25) is 0 Å². The Morgan fingerprint density at radius 2 is 1.78 bits per heavy atom. The molecule has 92 valence electrons. The molecule has 0 atom stereocenters. The van der Waals surface area contributed by atoms with Gasteiger partial charge in [-0.25, -0.2) is 4.39 Å². The molecule has 0 saturated carbocycles. The van der Waals surface area contributed by atoms with Gasteiger partial charge in [0.05, 0.1) is 0 Å². The number of rotatable bonds is 3. The average molecular weight is 241 g/mol. The fourth-order valence-corrected chi connectivity index (χ4v) is 1.92. The van der Waals surface area contributed by atoms with Crippen molar-refractivity contribution in [3.63, 3.8) is 0 Å². The summed E-state index contributed by atoms with van der Waals surface area (Å²) < 4.78 is 12.9. The summed E-state index contributed by atoms with van der Waals surface area (Å²) in [5, 5.41) is 0. The molecule has 0 saturated heterocycles. The van der Waals surface area contributed by atoms with Gasteiger partial charge in [-0.05, 0) is 48.4 Å². The van der Waals surface area contributed by atoms with Crippen LogP contribution in [0.1, 0.15) is 11.1 Å². The zero-order chi connectivity index (χ0) is 13.1. The van der Waals surface area contributed by atoms with Crippen LogP contribution in [-0.2, 0) is 0 Å². The monoisotopic (exact) mass is 241 g/mol. The van der Waals surface area contributed by atoms with Gasteiger partial charge in [0.15, 0.2) is 0 Å². The number of anilines is 2. The van der Waals surface area contributed by atoms with Gasteiger partial charge in [-0.1, -0.05) is 24.8 Å². The summed E-state index contributed by atoms with van der Waals surface area (Å²) in [4.78, 5) is 2.03. The van der Waals surface area contributed by atoms with E-state index < -0.39 is 0 Å². The highest BCUT2D eigenvalue weighted by Gasteiger charge is 2.08. The summed E-state index contributed by atoms with van der Waals surface area (Å²) in [6.45, 7) is 5.88. The van der Waals surface area contributed by atoms with E-state index >= 15 is 0 Å². The minimum Gasteiger partial charge on any atom is -0.344 e. The predicted octanol–water partition coefficient (Wildman–Crippen LogP) is 4.55. The summed E-state index contributed by atoms with van der Waals surface area (Å²) >= 11 is 0. The van der Waals surface area contributed by atoms with E-state index in [9.17, 15) is 4.39 Å². The Kier molecular flexibility index (Phi) is 3.47. The van der Waals surface area contributed by atoms with Crippen LogP contribution in [0, 0.1) is 12.7 Å². The molecule has 18 heavy (non-hydrogen) atoms. The van der Waals surface area contributed by atoms with E-state index in [2.05, 4.69) is 25.6 Å². The lowest BCUT2D eigenvalue weighted by Gasteiger charge is -2.22. The molecule has 0 unspecified atom stereocenters. The van der Waals surface area contributed by atoms with Crippen molar-refractivity contribution in [1.82, 2.24) is 0 Å². The van der Waals surface area contributed by atoms with Crippen molar-refractivity contribution >= 4 is 17.5 Å². The fourth-order valence-electron chi connectivity index (χ4n) is 1.92. The van der Waals surface area contributed by atoms with Crippen molar-refractivity contribution in [1.29, 1.82) is 0 Å². The van der Waals surface area contributed by atoms with Gasteiger partial charge in [0.2, 0.25) is 0 Å². The number of hydrogen-bond acceptors (Lipinski definition) is 1. The largest absolute Gasteiger partial charge is 0.344 e. The number of halogens is 1. The third-order valence-electron chi connectivity index (χ3n) is 2.98. The van der Waals surface area contributed by atoms with Crippen molar-refractivity contribution < 1.29 is 4.39 Å². The summed E-state index contributed by atoms with van der Waals surface area (Å²) in [5.74, 6) is -0.222. The summed E-state index contributed by atoms with van der Waals surface area (Å²) in [6, 6.07) is 12.7. The van der Waals surface area contributed by atoms with E-state index in [1.807, 2.05) is 24.1 Å². The van der Waals surface area contributed by atoms with Crippen LogP contribution in [0.15, 0.2) is 49.0 Å². The lowest BCUT2D eigenvalue weighted by atomic mass is 10.1. The van der Waals surface area contributed by atoms with Gasteiger partial charge in [-0.15, -0.1) is 0 Å². The maximum Gasteiger partial charge on any atom is 0.123 e. The summed E-state index contributed by atoms with van der Waals surface area (Å²) in [5.41, 5.74) is 4.26. The molecule has 2 aromatic rings. The Morgan fingerprint density at radius 3 is 2.39 bits per heavy atom. The molecule has 0 aliphatic carbocycles. The van der Waals surface area contributed by atoms with Crippen molar-refractivity contribution in [3.8, 4) is 0 Å². The van der Waals surface area contributed by atoms with E-state index in [4.69, 9.17) is 0 Å². The molecule has 0 radical (unpaired) electrons. The molecule has 0 spiro atoms. The number of benzene rings is 2. The van der Waals surface area contributed by atoms with Crippen molar-refractivity contribution in [2.24, 2.45) is 0 Å². The summed E-state index contributed by atoms with van der Waals surface area (Å²) in [7, 11) is 1.97. The van der Waals surface area contributed by atoms with E-state index in [0.717, 1.165) is 16.9 Å². The molecule has 0 N–H and O–H groups in total. The highest BCUT2D eigenvalue weighted by Crippen LogP contribution is 2.28. The van der Waals surface area contributed by atoms with Crippen LogP contribution in [0.4, 0.5) is 15.8 Å². The van der Waals surface area contributed by atoms with Crippen LogP contribution in [0.3, 0.4) is 0 Å². The third-order valence-corrected chi connectivity index (χ3v) is 2.98. The molecule has 0 aliphatic heterocycles. The first-order chi connectivity index (χ1) is 8.61. The Balaban J connectivity index is 2.44. The highest BCUT2D eigenvalue weighted by molar-refractivity contribution is 5.73. The van der Waals surface area contributed by atoms with Gasteiger partial charge in [0.1, 0.15) is 5.82 Å². The van der Waals surface area contributed by atoms with Crippen LogP contribution < -0.4 is 4.90 Å². The molecule has 0 bridgehead atoms. The molecule has 2 rings (SSSR count). The van der Waals surface area contributed by atoms with Crippen LogP contribution in [0.5, 0.6) is 0 Å². The molecule has 0 fully saturated rings. The lowest BCUT2D eigenvalue weighted by Crippen LogP contribution is -2.11. The molecule has 1 nitrogen and oxygen atoms in total. The Labute approximate surface area is 107 Å². The Bertz CT molecular complexity index is 558. The molecule has 0 aliphatic rings. The number of aryl methyl sites for hydroxylation is 1. The zero-order valence-electron chi connectivity index (χ0n) is 10.7. The van der Waals surface area contributed by atoms with Crippen molar-refractivity contribution in [3.05, 3.63) is 66.0 Å². The third kappa shape index (κ3) is 2.43. The van der Waals surface area contributed by atoms with Crippen LogP contribution >= 0.6 is 0 Å². The lowest BCUT2D eigenvalue weighted by molar-refractivity contribution is 0.628. The smallest absolute Gasteiger partial charge is 0.123 e. The quantitative estimate of drug-likeness (QED) is 0.762. The maximum absolute atomic E-state index is 12.9. The second-order valence-electron chi connectivity index (χ2n) is 4.30. The Hall–Kier alpha value is -2.09. The fraction of sp³-hybridized carbons (Fsp3) is 0.125. The molecular weight excluding hydrogens is 225 g/mol. The van der Waals surface area contributed by atoms with E-state index in [1.54, 1.807) is 12.1 Å². The molecule has 0 heterocycles. The van der Waals surface area contributed by atoms with Crippen molar-refractivity contribution in [2.75, 3.05) is 11.9 Å². The maximum atomic E-state index is 12.9. The molecule has 2 aromatic carbocycles. The van der Waals surface area contributed by atoms with E-state index in [-0.39, 0.29) is 5.82 Å². The van der Waals surface area contributed by atoms with Crippen LogP contribution in [0.2, 0.25) is 0 Å². The SMILES string of the molecule is C=Cc1ccc(C)cc1N(C)c1ccc(F)cc1. The van der Waals surface area contributed by atoms with E-state index in [1.165, 1.54) is 17.7 Å². The van der Waals surface area contributed by atoms with E-state index in [0.29, 0.717) is 0 Å². The zero-order valence-corrected chi connectivity index (χ0v) is 10.7. The normalized spacial score (nSPS) is 10.2. The second kappa shape index (κ2) is 5.05. The van der Waals surface area contributed by atoms with Gasteiger partial charge in [0.25, 0.3) is 0 Å². The van der Waals surface area contributed by atoms with Gasteiger partial charge < -0.3 is 4.90 Å². The first kappa shape index (κ1) is 12.4. The topological polar surface area (TPSA) is 3.24 Å². The van der Waals surface area contributed by atoms with Gasteiger partial charge >= 0.3 is 0 Å². The first-order valence-corrected chi connectivity index (χ1v) is 5.84. The van der Waals surface area contributed by atoms with Crippen LogP contribution in [-0.4, -0.2) is 7.05 Å². The van der Waals surface area contributed by atoms with Gasteiger partial charge in [0, 0.05) is 18.4 Å². The molecule has 2 heteroatoms. The van der Waals surface area contributed by atoms with Gasteiger partial charge in [-0.2, -0.15) is 0 Å². The number of hydrogen-bond donors (Lipinski definition) is 0. The molecule has 0 aromatic heterocycles.